The summed E-state index contributed by atoms with van der Waals surface area (Å²) in [4.78, 5) is 29.0. The Balaban J connectivity index is 1.71. The molecule has 0 saturated heterocycles. The van der Waals surface area contributed by atoms with Crippen molar-refractivity contribution in [1.82, 2.24) is 10.2 Å². The summed E-state index contributed by atoms with van der Waals surface area (Å²) in [5, 5.41) is 3.76. The van der Waals surface area contributed by atoms with E-state index in [4.69, 9.17) is 23.2 Å². The molecular weight excluding hydrogens is 581 g/mol. The van der Waals surface area contributed by atoms with Crippen molar-refractivity contribution in [3.8, 4) is 0 Å². The number of halogens is 2. The van der Waals surface area contributed by atoms with Crippen molar-refractivity contribution >= 4 is 50.7 Å². The molecule has 3 aromatic rings. The Bertz CT molecular complexity index is 1480. The maximum Gasteiger partial charge on any atom is 0.264 e. The molecule has 0 heterocycles. The van der Waals surface area contributed by atoms with Gasteiger partial charge >= 0.3 is 0 Å². The number of nitrogens with one attached hydrogen (secondary N) is 1. The van der Waals surface area contributed by atoms with E-state index in [1.807, 2.05) is 19.1 Å². The molecule has 0 bridgehead atoms. The fraction of sp³-hybridized carbons (Fsp3) is 0.355. The van der Waals surface area contributed by atoms with Crippen molar-refractivity contribution in [2.45, 2.75) is 69.5 Å². The fourth-order valence-electron chi connectivity index (χ4n) is 5.10. The number of para-hydroxylation sites is 1. The van der Waals surface area contributed by atoms with Gasteiger partial charge < -0.3 is 10.2 Å². The van der Waals surface area contributed by atoms with Gasteiger partial charge in [-0.15, -0.1) is 0 Å². The lowest BCUT2D eigenvalue weighted by atomic mass is 10.1. The Morgan fingerprint density at radius 2 is 1.61 bits per heavy atom. The van der Waals surface area contributed by atoms with Crippen LogP contribution in [-0.4, -0.2) is 43.8 Å². The molecular formula is C31H35Cl2N3O4S. The number of aryl methyl sites for hydroxylation is 1. The standard InChI is InChI=1S/C31H35Cl2N3O4S/c1-3-24-11-7-10-16-29(24)36(41(39,40)26-14-5-4-6-15-26)21-30(37)35(20-23-17-18-27(32)28(33)19-23)22(2)31(38)34-25-12-8-9-13-25/h4-7,10-11,14-19,22,25H,3,8-9,12-13,20-21H2,1-2H3,(H,34,38)/t22-/m0/s1. The van der Waals surface area contributed by atoms with E-state index in [1.54, 1.807) is 55.5 Å². The monoisotopic (exact) mass is 615 g/mol. The summed E-state index contributed by atoms with van der Waals surface area (Å²) in [5.74, 6) is -0.799. The van der Waals surface area contributed by atoms with Crippen LogP contribution in [0.5, 0.6) is 0 Å². The Labute approximate surface area is 252 Å². The van der Waals surface area contributed by atoms with E-state index in [9.17, 15) is 18.0 Å². The van der Waals surface area contributed by atoms with E-state index in [-0.39, 0.29) is 23.4 Å². The highest BCUT2D eigenvalue weighted by molar-refractivity contribution is 7.92. The third kappa shape index (κ3) is 7.42. The molecule has 1 saturated carbocycles. The van der Waals surface area contributed by atoms with Crippen LogP contribution in [0, 0.1) is 0 Å². The van der Waals surface area contributed by atoms with Gasteiger partial charge in [-0.1, -0.05) is 85.4 Å². The smallest absolute Gasteiger partial charge is 0.264 e. The predicted octanol–water partition coefficient (Wildman–Crippen LogP) is 6.23. The summed E-state index contributed by atoms with van der Waals surface area (Å²) in [5.41, 5.74) is 1.87. The maximum absolute atomic E-state index is 14.1. The zero-order chi connectivity index (χ0) is 29.6. The van der Waals surface area contributed by atoms with Gasteiger partial charge in [0.15, 0.2) is 0 Å². The minimum Gasteiger partial charge on any atom is -0.352 e. The third-order valence-corrected chi connectivity index (χ3v) is 9.97. The highest BCUT2D eigenvalue weighted by Gasteiger charge is 2.34. The van der Waals surface area contributed by atoms with Gasteiger partial charge in [-0.2, -0.15) is 0 Å². The van der Waals surface area contributed by atoms with Gasteiger partial charge in [0.05, 0.1) is 20.6 Å². The minimum atomic E-state index is -4.12. The topological polar surface area (TPSA) is 86.8 Å². The lowest BCUT2D eigenvalue weighted by Crippen LogP contribution is -2.52. The highest BCUT2D eigenvalue weighted by Crippen LogP contribution is 2.29. The molecule has 1 N–H and O–H groups in total. The van der Waals surface area contributed by atoms with Crippen LogP contribution in [0.15, 0.2) is 77.7 Å². The summed E-state index contributed by atoms with van der Waals surface area (Å²) >= 11 is 12.4. The molecule has 0 radical (unpaired) electrons. The number of rotatable bonds is 11. The first-order valence-electron chi connectivity index (χ1n) is 13.8. The highest BCUT2D eigenvalue weighted by atomic mass is 35.5. The zero-order valence-electron chi connectivity index (χ0n) is 23.2. The molecule has 218 valence electrons. The third-order valence-electron chi connectivity index (χ3n) is 7.46. The Morgan fingerprint density at radius 1 is 0.951 bits per heavy atom. The van der Waals surface area contributed by atoms with Crippen LogP contribution in [0.2, 0.25) is 10.0 Å². The first-order chi connectivity index (χ1) is 19.6. The van der Waals surface area contributed by atoms with Crippen molar-refractivity contribution in [3.05, 3.63) is 94.0 Å². The van der Waals surface area contributed by atoms with Gasteiger partial charge in [0, 0.05) is 12.6 Å². The average molecular weight is 617 g/mol. The van der Waals surface area contributed by atoms with Crippen molar-refractivity contribution in [3.63, 3.8) is 0 Å². The molecule has 1 aliphatic rings. The number of carbonyl (C=O) groups is 2. The number of anilines is 1. The first kappa shape index (κ1) is 30.9. The zero-order valence-corrected chi connectivity index (χ0v) is 25.6. The minimum absolute atomic E-state index is 0.0453. The molecule has 0 unspecified atom stereocenters. The number of hydrogen-bond acceptors (Lipinski definition) is 4. The SMILES string of the molecule is CCc1ccccc1N(CC(=O)N(Cc1ccc(Cl)c(Cl)c1)[C@@H](C)C(=O)NC1CCCC1)S(=O)(=O)c1ccccc1. The molecule has 7 nitrogen and oxygen atoms in total. The molecule has 4 rings (SSSR count). The van der Waals surface area contributed by atoms with Gasteiger partial charge in [-0.05, 0) is 67.6 Å². The van der Waals surface area contributed by atoms with E-state index < -0.39 is 28.5 Å². The van der Waals surface area contributed by atoms with Crippen LogP contribution in [-0.2, 0) is 32.6 Å². The number of amides is 2. The number of sulfonamides is 1. The summed E-state index contributed by atoms with van der Waals surface area (Å²) in [6, 6.07) is 19.4. The molecule has 41 heavy (non-hydrogen) atoms. The van der Waals surface area contributed by atoms with Crippen molar-refractivity contribution in [2.75, 3.05) is 10.8 Å². The number of hydrogen-bond donors (Lipinski definition) is 1. The molecule has 10 heteroatoms. The van der Waals surface area contributed by atoms with Gasteiger partial charge in [-0.25, -0.2) is 8.42 Å². The fourth-order valence-corrected chi connectivity index (χ4v) is 6.89. The summed E-state index contributed by atoms with van der Waals surface area (Å²) < 4.78 is 29.1. The predicted molar refractivity (Wildman–Crippen MR) is 164 cm³/mol. The molecule has 1 aliphatic carbocycles. The summed E-state index contributed by atoms with van der Waals surface area (Å²) in [6.45, 7) is 3.15. The van der Waals surface area contributed by atoms with E-state index in [1.165, 1.54) is 17.0 Å². The van der Waals surface area contributed by atoms with Crippen LogP contribution in [0.4, 0.5) is 5.69 Å². The second-order valence-corrected chi connectivity index (χ2v) is 12.9. The number of carbonyl (C=O) groups excluding carboxylic acids is 2. The molecule has 1 fully saturated rings. The Kier molecular flexibility index (Phi) is 10.3. The largest absolute Gasteiger partial charge is 0.352 e. The molecule has 1 atom stereocenters. The van der Waals surface area contributed by atoms with Crippen LogP contribution in [0.1, 0.15) is 50.7 Å². The Morgan fingerprint density at radius 3 is 2.27 bits per heavy atom. The van der Waals surface area contributed by atoms with E-state index in [2.05, 4.69) is 5.32 Å². The van der Waals surface area contributed by atoms with Crippen molar-refractivity contribution < 1.29 is 18.0 Å². The first-order valence-corrected chi connectivity index (χ1v) is 16.0. The summed E-state index contributed by atoms with van der Waals surface area (Å²) in [6.07, 6.45) is 4.47. The van der Waals surface area contributed by atoms with Crippen LogP contribution in [0.3, 0.4) is 0 Å². The van der Waals surface area contributed by atoms with E-state index >= 15 is 0 Å². The molecule has 0 aliphatic heterocycles. The van der Waals surface area contributed by atoms with Crippen molar-refractivity contribution in [2.24, 2.45) is 0 Å². The second-order valence-electron chi connectivity index (χ2n) is 10.2. The lowest BCUT2D eigenvalue weighted by molar-refractivity contribution is -0.139. The number of nitrogens with zero attached hydrogens (tertiary/aromatic N) is 2. The van der Waals surface area contributed by atoms with E-state index in [0.29, 0.717) is 27.7 Å². The maximum atomic E-state index is 14.1. The van der Waals surface area contributed by atoms with Crippen molar-refractivity contribution in [1.29, 1.82) is 0 Å². The Hall–Kier alpha value is -3.07. The molecule has 3 aromatic carbocycles. The number of benzene rings is 3. The van der Waals surface area contributed by atoms with Gasteiger partial charge in [-0.3, -0.25) is 13.9 Å². The van der Waals surface area contributed by atoms with E-state index in [0.717, 1.165) is 35.6 Å². The molecule has 0 spiro atoms. The molecule has 0 aromatic heterocycles. The van der Waals surface area contributed by atoms with Crippen LogP contribution < -0.4 is 9.62 Å². The van der Waals surface area contributed by atoms with Gasteiger partial charge in [0.1, 0.15) is 12.6 Å². The van der Waals surface area contributed by atoms with Crippen LogP contribution in [0.25, 0.3) is 0 Å². The average Bonchev–Trinajstić information content (AvgIpc) is 3.49. The van der Waals surface area contributed by atoms with Gasteiger partial charge in [0.2, 0.25) is 11.8 Å². The van der Waals surface area contributed by atoms with Gasteiger partial charge in [0.25, 0.3) is 10.0 Å². The molecule has 2 amide bonds. The lowest BCUT2D eigenvalue weighted by Gasteiger charge is -2.33. The summed E-state index contributed by atoms with van der Waals surface area (Å²) in [7, 11) is -4.12. The normalized spacial score (nSPS) is 14.4. The second kappa shape index (κ2) is 13.7. The van der Waals surface area contributed by atoms with Crippen LogP contribution >= 0.6 is 23.2 Å². The quantitative estimate of drug-likeness (QED) is 0.277.